The number of thioether (sulfide) groups is 2. The summed E-state index contributed by atoms with van der Waals surface area (Å²) < 4.78 is 25.7. The first kappa shape index (κ1) is 9.80. The van der Waals surface area contributed by atoms with Crippen molar-refractivity contribution in [1.29, 1.82) is 0 Å². The van der Waals surface area contributed by atoms with Gasteiger partial charge in [-0.1, -0.05) is 0 Å². The highest BCUT2D eigenvalue weighted by Crippen LogP contribution is 2.23. The van der Waals surface area contributed by atoms with Crippen molar-refractivity contribution < 1.29 is 8.78 Å². The molecule has 1 heterocycles. The van der Waals surface area contributed by atoms with E-state index in [2.05, 4.69) is 4.98 Å². The lowest BCUT2D eigenvalue weighted by Crippen LogP contribution is -1.92. The molecule has 1 aromatic rings. The van der Waals surface area contributed by atoms with Gasteiger partial charge in [-0.2, -0.15) is 0 Å². The molecular formula is C7H7F2NS2. The Morgan fingerprint density at radius 3 is 1.83 bits per heavy atom. The number of rotatable bonds is 2. The van der Waals surface area contributed by atoms with Crippen LogP contribution in [0.5, 0.6) is 0 Å². The summed E-state index contributed by atoms with van der Waals surface area (Å²) in [6, 6.07) is 0.866. The maximum atomic E-state index is 12.8. The van der Waals surface area contributed by atoms with Crippen molar-refractivity contribution in [2.45, 2.75) is 10.1 Å². The molecule has 0 saturated carbocycles. The van der Waals surface area contributed by atoms with Gasteiger partial charge in [-0.15, -0.1) is 23.5 Å². The number of nitrogens with zero attached hydrogens (tertiary/aromatic N) is 1. The Morgan fingerprint density at radius 2 is 1.50 bits per heavy atom. The highest BCUT2D eigenvalue weighted by Gasteiger charge is 2.09. The molecule has 0 spiro atoms. The van der Waals surface area contributed by atoms with E-state index in [1.54, 1.807) is 12.5 Å². The fraction of sp³-hybridized carbons (Fsp3) is 0.286. The molecule has 0 N–H and O–H groups in total. The zero-order valence-electron chi connectivity index (χ0n) is 6.60. The minimum atomic E-state index is -0.599. The van der Waals surface area contributed by atoms with Gasteiger partial charge in [0, 0.05) is 6.07 Å². The fourth-order valence-corrected chi connectivity index (χ4v) is 1.65. The van der Waals surface area contributed by atoms with Crippen molar-refractivity contribution in [2.24, 2.45) is 0 Å². The highest BCUT2D eigenvalue weighted by molar-refractivity contribution is 7.99. The first-order chi connectivity index (χ1) is 5.69. The van der Waals surface area contributed by atoms with Crippen LogP contribution in [0.2, 0.25) is 0 Å². The Morgan fingerprint density at radius 1 is 1.08 bits per heavy atom. The Kier molecular flexibility index (Phi) is 3.34. The number of hydrogen-bond donors (Lipinski definition) is 0. The average Bonchev–Trinajstić information content (AvgIpc) is 2.05. The van der Waals surface area contributed by atoms with Gasteiger partial charge in [-0.05, 0) is 12.5 Å². The average molecular weight is 207 g/mol. The summed E-state index contributed by atoms with van der Waals surface area (Å²) in [5, 5.41) is 0.474. The third-order valence-corrected chi connectivity index (χ3v) is 2.60. The van der Waals surface area contributed by atoms with Crippen molar-refractivity contribution in [1.82, 2.24) is 4.98 Å². The van der Waals surface area contributed by atoms with Crippen molar-refractivity contribution >= 4 is 23.5 Å². The second-order valence-corrected chi connectivity index (χ2v) is 3.56. The summed E-state index contributed by atoms with van der Waals surface area (Å²) in [5.41, 5.74) is 0. The van der Waals surface area contributed by atoms with Gasteiger partial charge in [0.05, 0.1) is 0 Å². The molecule has 0 aliphatic rings. The minimum Gasteiger partial charge on any atom is -0.229 e. The zero-order valence-corrected chi connectivity index (χ0v) is 8.23. The van der Waals surface area contributed by atoms with Crippen LogP contribution in [-0.2, 0) is 0 Å². The molecule has 66 valence electrons. The summed E-state index contributed by atoms with van der Waals surface area (Å²) in [6.07, 6.45) is 3.40. The molecule has 1 aromatic heterocycles. The van der Waals surface area contributed by atoms with Gasteiger partial charge in [-0.25, -0.2) is 13.8 Å². The normalized spacial score (nSPS) is 10.3. The molecular weight excluding hydrogens is 200 g/mol. The SMILES string of the molecule is CSc1nc(SC)c(F)cc1F. The predicted octanol–water partition coefficient (Wildman–Crippen LogP) is 2.80. The summed E-state index contributed by atoms with van der Waals surface area (Å²) in [4.78, 5) is 3.78. The summed E-state index contributed by atoms with van der Waals surface area (Å²) in [6.45, 7) is 0. The van der Waals surface area contributed by atoms with E-state index in [1.807, 2.05) is 0 Å². The van der Waals surface area contributed by atoms with E-state index in [4.69, 9.17) is 0 Å². The van der Waals surface area contributed by atoms with Gasteiger partial charge >= 0.3 is 0 Å². The lowest BCUT2D eigenvalue weighted by atomic mass is 10.5. The Labute approximate surface area is 78.0 Å². The van der Waals surface area contributed by atoms with Crippen LogP contribution in [0.4, 0.5) is 8.78 Å². The van der Waals surface area contributed by atoms with Crippen LogP contribution in [0.3, 0.4) is 0 Å². The Hall–Kier alpha value is -0.290. The minimum absolute atomic E-state index is 0.237. The lowest BCUT2D eigenvalue weighted by molar-refractivity contribution is 0.524. The summed E-state index contributed by atoms with van der Waals surface area (Å²) in [7, 11) is 0. The third kappa shape index (κ3) is 1.90. The van der Waals surface area contributed by atoms with Crippen molar-refractivity contribution in [3.63, 3.8) is 0 Å². The Bertz CT molecular complexity index is 266. The number of halogens is 2. The fourth-order valence-electron chi connectivity index (χ4n) is 0.720. The topological polar surface area (TPSA) is 12.9 Å². The molecule has 0 aliphatic carbocycles. The number of pyridine rings is 1. The molecule has 1 rings (SSSR count). The summed E-state index contributed by atoms with van der Waals surface area (Å²) in [5.74, 6) is -1.20. The molecule has 0 aromatic carbocycles. The van der Waals surface area contributed by atoms with E-state index in [-0.39, 0.29) is 10.1 Å². The quantitative estimate of drug-likeness (QED) is 0.692. The first-order valence-electron chi connectivity index (χ1n) is 3.13. The van der Waals surface area contributed by atoms with Gasteiger partial charge < -0.3 is 0 Å². The van der Waals surface area contributed by atoms with Gasteiger partial charge in [-0.3, -0.25) is 0 Å². The predicted molar refractivity (Wildman–Crippen MR) is 47.7 cm³/mol. The van der Waals surface area contributed by atoms with E-state index in [0.717, 1.165) is 6.07 Å². The molecule has 0 amide bonds. The van der Waals surface area contributed by atoms with Crippen LogP contribution < -0.4 is 0 Å². The Balaban J connectivity index is 3.18. The highest BCUT2D eigenvalue weighted by atomic mass is 32.2. The standard InChI is InChI=1S/C7H7F2NS2/c1-11-6-4(8)3-5(9)7(10-6)12-2/h3H,1-2H3. The van der Waals surface area contributed by atoms with Crippen LogP contribution in [0.25, 0.3) is 0 Å². The maximum Gasteiger partial charge on any atom is 0.158 e. The van der Waals surface area contributed by atoms with Crippen LogP contribution in [0, 0.1) is 11.6 Å². The van der Waals surface area contributed by atoms with Gasteiger partial charge in [0.1, 0.15) is 10.1 Å². The second kappa shape index (κ2) is 4.09. The second-order valence-electron chi connectivity index (χ2n) is 1.97. The van der Waals surface area contributed by atoms with E-state index in [9.17, 15) is 8.78 Å². The van der Waals surface area contributed by atoms with E-state index >= 15 is 0 Å². The van der Waals surface area contributed by atoms with Gasteiger partial charge in [0.15, 0.2) is 11.6 Å². The zero-order chi connectivity index (χ0) is 9.14. The molecule has 5 heteroatoms. The van der Waals surface area contributed by atoms with Gasteiger partial charge in [0.2, 0.25) is 0 Å². The number of aromatic nitrogens is 1. The van der Waals surface area contributed by atoms with Crippen LogP contribution >= 0.6 is 23.5 Å². The largest absolute Gasteiger partial charge is 0.229 e. The summed E-state index contributed by atoms with van der Waals surface area (Å²) >= 11 is 2.34. The van der Waals surface area contributed by atoms with Crippen molar-refractivity contribution in [3.8, 4) is 0 Å². The maximum absolute atomic E-state index is 12.8. The molecule has 0 bridgehead atoms. The van der Waals surface area contributed by atoms with Gasteiger partial charge in [0.25, 0.3) is 0 Å². The molecule has 0 aliphatic heterocycles. The molecule has 0 atom stereocenters. The van der Waals surface area contributed by atoms with Crippen molar-refractivity contribution in [3.05, 3.63) is 17.7 Å². The first-order valence-corrected chi connectivity index (χ1v) is 5.58. The monoisotopic (exact) mass is 207 g/mol. The molecule has 0 radical (unpaired) electrons. The van der Waals surface area contributed by atoms with E-state index < -0.39 is 11.6 Å². The molecule has 12 heavy (non-hydrogen) atoms. The lowest BCUT2D eigenvalue weighted by Gasteiger charge is -2.01. The van der Waals surface area contributed by atoms with Crippen LogP contribution in [0.15, 0.2) is 16.1 Å². The molecule has 0 fully saturated rings. The van der Waals surface area contributed by atoms with E-state index in [0.29, 0.717) is 0 Å². The van der Waals surface area contributed by atoms with Crippen LogP contribution in [0.1, 0.15) is 0 Å². The molecule has 1 nitrogen and oxygen atoms in total. The van der Waals surface area contributed by atoms with Crippen LogP contribution in [-0.4, -0.2) is 17.5 Å². The third-order valence-electron chi connectivity index (χ3n) is 1.25. The number of hydrogen-bond acceptors (Lipinski definition) is 3. The smallest absolute Gasteiger partial charge is 0.158 e. The molecule has 0 saturated heterocycles. The molecule has 0 unspecified atom stereocenters. The van der Waals surface area contributed by atoms with Crippen molar-refractivity contribution in [2.75, 3.05) is 12.5 Å². The van der Waals surface area contributed by atoms with E-state index in [1.165, 1.54) is 23.5 Å².